The second kappa shape index (κ2) is 8.38. The topological polar surface area (TPSA) is 104 Å². The summed E-state index contributed by atoms with van der Waals surface area (Å²) in [5.41, 5.74) is 0.637. The van der Waals surface area contributed by atoms with E-state index in [2.05, 4.69) is 16.0 Å². The third-order valence-electron chi connectivity index (χ3n) is 3.06. The van der Waals surface area contributed by atoms with E-state index in [9.17, 15) is 18.0 Å². The van der Waals surface area contributed by atoms with E-state index in [1.165, 1.54) is 7.05 Å². The summed E-state index contributed by atoms with van der Waals surface area (Å²) >= 11 is 0. The van der Waals surface area contributed by atoms with Crippen molar-refractivity contribution in [2.45, 2.75) is 13.0 Å². The lowest BCUT2D eigenvalue weighted by atomic mass is 10.1. The number of amides is 3. The molecule has 0 aliphatic carbocycles. The second-order valence-corrected chi connectivity index (χ2v) is 7.07. The molecular formula is C14H21N3O4S. The number of benzene rings is 1. The highest BCUT2D eigenvalue weighted by atomic mass is 32.2. The van der Waals surface area contributed by atoms with Gasteiger partial charge < -0.3 is 16.0 Å². The van der Waals surface area contributed by atoms with Gasteiger partial charge in [-0.05, 0) is 5.56 Å². The zero-order chi connectivity index (χ0) is 16.6. The molecule has 8 heteroatoms. The number of nitrogens with one attached hydrogen (secondary N) is 3. The lowest BCUT2D eigenvalue weighted by Crippen LogP contribution is -2.44. The van der Waals surface area contributed by atoms with Gasteiger partial charge in [-0.25, -0.2) is 13.2 Å². The van der Waals surface area contributed by atoms with E-state index >= 15 is 0 Å². The van der Waals surface area contributed by atoms with Crippen LogP contribution in [0.1, 0.15) is 18.5 Å². The molecule has 0 aliphatic heterocycles. The van der Waals surface area contributed by atoms with Crippen molar-refractivity contribution in [2.75, 3.05) is 25.1 Å². The highest BCUT2D eigenvalue weighted by molar-refractivity contribution is 7.91. The second-order valence-electron chi connectivity index (χ2n) is 4.59. The van der Waals surface area contributed by atoms with Gasteiger partial charge in [0.25, 0.3) is 0 Å². The summed E-state index contributed by atoms with van der Waals surface area (Å²) in [5, 5.41) is 7.46. The van der Waals surface area contributed by atoms with Gasteiger partial charge in [-0.15, -0.1) is 0 Å². The molecule has 22 heavy (non-hydrogen) atoms. The number of hydrogen-bond donors (Lipinski definition) is 3. The van der Waals surface area contributed by atoms with E-state index in [0.29, 0.717) is 5.56 Å². The van der Waals surface area contributed by atoms with Gasteiger partial charge in [0.05, 0.1) is 5.75 Å². The van der Waals surface area contributed by atoms with Crippen molar-refractivity contribution < 1.29 is 18.0 Å². The Morgan fingerprint density at radius 3 is 2.36 bits per heavy atom. The molecule has 1 atom stereocenters. The Bertz CT molecular complexity index is 602. The number of rotatable bonds is 7. The fourth-order valence-corrected chi connectivity index (χ4v) is 2.44. The van der Waals surface area contributed by atoms with Crippen LogP contribution >= 0.6 is 0 Å². The van der Waals surface area contributed by atoms with Crippen LogP contribution in [-0.2, 0) is 14.6 Å². The van der Waals surface area contributed by atoms with Gasteiger partial charge in [-0.1, -0.05) is 37.3 Å². The average molecular weight is 327 g/mol. The fourth-order valence-electron chi connectivity index (χ4n) is 1.74. The molecule has 0 bridgehead atoms. The number of sulfone groups is 1. The molecule has 1 unspecified atom stereocenters. The molecule has 0 saturated carbocycles. The number of urea groups is 1. The summed E-state index contributed by atoms with van der Waals surface area (Å²) < 4.78 is 22.7. The molecule has 7 nitrogen and oxygen atoms in total. The number of carbonyl (C=O) groups excluding carboxylic acids is 2. The largest absolute Gasteiger partial charge is 0.357 e. The van der Waals surface area contributed by atoms with Crippen molar-refractivity contribution >= 4 is 21.8 Å². The summed E-state index contributed by atoms with van der Waals surface area (Å²) in [5.74, 6) is -0.462. The number of likely N-dealkylation sites (N-methyl/N-ethyl adjacent to an activating group) is 1. The molecule has 1 aromatic carbocycles. The number of carbonyl (C=O) groups is 2. The molecule has 0 fully saturated rings. The van der Waals surface area contributed by atoms with Crippen molar-refractivity contribution in [3.05, 3.63) is 35.9 Å². The first-order valence-electron chi connectivity index (χ1n) is 6.91. The van der Waals surface area contributed by atoms with E-state index in [4.69, 9.17) is 0 Å². The molecule has 0 heterocycles. The Hall–Kier alpha value is -2.09. The lowest BCUT2D eigenvalue weighted by molar-refractivity contribution is -0.122. The van der Waals surface area contributed by atoms with Crippen LogP contribution in [0.25, 0.3) is 0 Å². The Balaban J connectivity index is 2.63. The first kappa shape index (κ1) is 18.0. The summed E-state index contributed by atoms with van der Waals surface area (Å²) in [7, 11) is -1.66. The van der Waals surface area contributed by atoms with Gasteiger partial charge in [-0.3, -0.25) is 4.79 Å². The van der Waals surface area contributed by atoms with Crippen LogP contribution in [0.15, 0.2) is 30.3 Å². The minimum absolute atomic E-state index is 0.00272. The molecule has 0 saturated heterocycles. The first-order valence-corrected chi connectivity index (χ1v) is 8.73. The SMILES string of the molecule is CCS(=O)(=O)CCNC(=O)NC(C(=O)NC)c1ccccc1. The quantitative estimate of drug-likeness (QED) is 0.666. The molecule has 1 aromatic rings. The van der Waals surface area contributed by atoms with E-state index in [0.717, 1.165) is 0 Å². The molecule has 0 aromatic heterocycles. The van der Waals surface area contributed by atoms with Gasteiger partial charge >= 0.3 is 6.03 Å². The third kappa shape index (κ3) is 5.72. The van der Waals surface area contributed by atoms with E-state index in [-0.39, 0.29) is 24.0 Å². The minimum atomic E-state index is -3.14. The summed E-state index contributed by atoms with van der Waals surface area (Å²) in [6.07, 6.45) is 0. The molecule has 0 radical (unpaired) electrons. The van der Waals surface area contributed by atoms with Crippen LogP contribution in [0, 0.1) is 0 Å². The fraction of sp³-hybridized carbons (Fsp3) is 0.429. The zero-order valence-electron chi connectivity index (χ0n) is 12.6. The van der Waals surface area contributed by atoms with Gasteiger partial charge in [0, 0.05) is 19.3 Å². The van der Waals surface area contributed by atoms with Crippen LogP contribution in [0.3, 0.4) is 0 Å². The normalized spacial score (nSPS) is 12.3. The van der Waals surface area contributed by atoms with Crippen molar-refractivity contribution in [3.8, 4) is 0 Å². The smallest absolute Gasteiger partial charge is 0.315 e. The van der Waals surface area contributed by atoms with Crippen LogP contribution in [0.4, 0.5) is 4.79 Å². The molecular weight excluding hydrogens is 306 g/mol. The van der Waals surface area contributed by atoms with Gasteiger partial charge in [0.15, 0.2) is 9.84 Å². The number of hydrogen-bond acceptors (Lipinski definition) is 4. The van der Waals surface area contributed by atoms with Gasteiger partial charge in [0.2, 0.25) is 5.91 Å². The molecule has 0 aliphatic rings. The molecule has 3 amide bonds. The van der Waals surface area contributed by atoms with E-state index in [1.807, 2.05) is 0 Å². The average Bonchev–Trinajstić information content (AvgIpc) is 2.52. The molecule has 0 spiro atoms. The molecule has 3 N–H and O–H groups in total. The first-order chi connectivity index (χ1) is 10.4. The van der Waals surface area contributed by atoms with Crippen LogP contribution in [-0.4, -0.2) is 45.5 Å². The predicted octanol–water partition coefficient (Wildman–Crippen LogP) is 0.208. The van der Waals surface area contributed by atoms with E-state index in [1.54, 1.807) is 37.3 Å². The Labute approximate surface area is 130 Å². The summed E-state index contributed by atoms with van der Waals surface area (Å²) in [4.78, 5) is 23.7. The maximum atomic E-state index is 11.9. The lowest BCUT2D eigenvalue weighted by Gasteiger charge is -2.18. The third-order valence-corrected chi connectivity index (χ3v) is 4.76. The molecule has 122 valence electrons. The van der Waals surface area contributed by atoms with Gasteiger partial charge in [-0.2, -0.15) is 0 Å². The highest BCUT2D eigenvalue weighted by Crippen LogP contribution is 2.12. The van der Waals surface area contributed by atoms with Crippen molar-refractivity contribution in [2.24, 2.45) is 0 Å². The summed E-state index contributed by atoms with van der Waals surface area (Å²) in [6.45, 7) is 1.55. The zero-order valence-corrected chi connectivity index (χ0v) is 13.4. The maximum absolute atomic E-state index is 11.9. The van der Waals surface area contributed by atoms with E-state index < -0.39 is 21.9 Å². The highest BCUT2D eigenvalue weighted by Gasteiger charge is 2.21. The van der Waals surface area contributed by atoms with Crippen LogP contribution < -0.4 is 16.0 Å². The standard InChI is InChI=1S/C14H21N3O4S/c1-3-22(20,21)10-9-16-14(19)17-12(13(18)15-2)11-7-5-4-6-8-11/h4-8,12H,3,9-10H2,1-2H3,(H,15,18)(H2,16,17,19). The predicted molar refractivity (Wildman–Crippen MR) is 84.1 cm³/mol. The Morgan fingerprint density at radius 2 is 1.82 bits per heavy atom. The maximum Gasteiger partial charge on any atom is 0.315 e. The van der Waals surface area contributed by atoms with Crippen LogP contribution in [0.5, 0.6) is 0 Å². The monoisotopic (exact) mass is 327 g/mol. The van der Waals surface area contributed by atoms with Gasteiger partial charge in [0.1, 0.15) is 6.04 Å². The van der Waals surface area contributed by atoms with Crippen molar-refractivity contribution in [1.29, 1.82) is 0 Å². The Morgan fingerprint density at radius 1 is 1.18 bits per heavy atom. The van der Waals surface area contributed by atoms with Crippen molar-refractivity contribution in [1.82, 2.24) is 16.0 Å². The van der Waals surface area contributed by atoms with Crippen molar-refractivity contribution in [3.63, 3.8) is 0 Å². The minimum Gasteiger partial charge on any atom is -0.357 e. The van der Waals surface area contributed by atoms with Crippen LogP contribution in [0.2, 0.25) is 0 Å². The summed E-state index contributed by atoms with van der Waals surface area (Å²) in [6, 6.07) is 7.35. The molecule has 1 rings (SSSR count). The Kier molecular flexibility index (Phi) is 6.84.